The molecule has 2 aromatic carbocycles. The van der Waals surface area contributed by atoms with Gasteiger partial charge in [0.15, 0.2) is 0 Å². The number of nitrogens with one attached hydrogen (secondary N) is 2. The second kappa shape index (κ2) is 8.96. The summed E-state index contributed by atoms with van der Waals surface area (Å²) in [6.07, 6.45) is 1.92. The Morgan fingerprint density at radius 2 is 1.83 bits per heavy atom. The zero-order valence-corrected chi connectivity index (χ0v) is 14.0. The van der Waals surface area contributed by atoms with Crippen LogP contribution in [0.2, 0.25) is 10.0 Å². The first-order valence-corrected chi connectivity index (χ1v) is 7.72. The Balaban J connectivity index is 1.76. The Bertz CT molecular complexity index is 749. The van der Waals surface area contributed by atoms with Gasteiger partial charge >= 0.3 is 6.09 Å². The minimum atomic E-state index is -0.759. The Kier molecular flexibility index (Phi) is 6.66. The highest BCUT2D eigenvalue weighted by Crippen LogP contribution is 2.21. The molecule has 2 aromatic rings. The van der Waals surface area contributed by atoms with Gasteiger partial charge in [0.1, 0.15) is 0 Å². The molecule has 0 aliphatic rings. The minimum absolute atomic E-state index is 0.297. The zero-order valence-electron chi connectivity index (χ0n) is 12.5. The number of amides is 2. The molecule has 0 aliphatic carbocycles. The number of hydroxylamine groups is 1. The minimum Gasteiger partial charge on any atom is -0.321 e. The number of halogens is 2. The Labute approximate surface area is 149 Å². The molecule has 0 heterocycles. The van der Waals surface area contributed by atoms with E-state index in [0.29, 0.717) is 22.2 Å². The van der Waals surface area contributed by atoms with Crippen LogP contribution in [0.15, 0.2) is 54.6 Å². The predicted octanol–water partition coefficient (Wildman–Crippen LogP) is 3.96. The summed E-state index contributed by atoms with van der Waals surface area (Å²) in [6.45, 7) is 0.297. The molecule has 24 heavy (non-hydrogen) atoms. The van der Waals surface area contributed by atoms with Crippen molar-refractivity contribution < 1.29 is 14.4 Å². The number of rotatable bonds is 4. The average Bonchev–Trinajstić information content (AvgIpc) is 2.58. The molecule has 7 heteroatoms. The van der Waals surface area contributed by atoms with Crippen LogP contribution in [0.1, 0.15) is 11.1 Å². The predicted molar refractivity (Wildman–Crippen MR) is 93.4 cm³/mol. The van der Waals surface area contributed by atoms with Crippen LogP contribution in [-0.4, -0.2) is 12.0 Å². The summed E-state index contributed by atoms with van der Waals surface area (Å²) >= 11 is 11.8. The largest absolute Gasteiger partial charge is 0.431 e. The molecule has 0 bridgehead atoms. The van der Waals surface area contributed by atoms with E-state index < -0.39 is 12.0 Å². The maximum absolute atomic E-state index is 11.6. The molecule has 0 unspecified atom stereocenters. The van der Waals surface area contributed by atoms with Crippen molar-refractivity contribution >= 4 is 41.3 Å². The lowest BCUT2D eigenvalue weighted by Crippen LogP contribution is -2.32. The molecule has 0 atom stereocenters. The van der Waals surface area contributed by atoms with Gasteiger partial charge in [0.2, 0.25) is 0 Å². The smallest absolute Gasteiger partial charge is 0.321 e. The van der Waals surface area contributed by atoms with Gasteiger partial charge in [-0.1, -0.05) is 59.6 Å². The van der Waals surface area contributed by atoms with E-state index in [0.717, 1.165) is 5.56 Å². The van der Waals surface area contributed by atoms with Gasteiger partial charge in [0, 0.05) is 22.7 Å². The molecule has 2 N–H and O–H groups in total. The van der Waals surface area contributed by atoms with Gasteiger partial charge in [-0.3, -0.25) is 4.79 Å². The van der Waals surface area contributed by atoms with Crippen LogP contribution >= 0.6 is 23.2 Å². The number of hydrogen-bond donors (Lipinski definition) is 2. The molecule has 2 amide bonds. The summed E-state index contributed by atoms with van der Waals surface area (Å²) in [6, 6.07) is 14.2. The third-order valence-electron chi connectivity index (χ3n) is 2.90. The lowest BCUT2D eigenvalue weighted by molar-refractivity contribution is -0.124. The maximum Gasteiger partial charge on any atom is 0.431 e. The van der Waals surface area contributed by atoms with Crippen molar-refractivity contribution in [2.24, 2.45) is 0 Å². The number of carbonyl (C=O) groups is 2. The van der Waals surface area contributed by atoms with Crippen molar-refractivity contribution in [3.63, 3.8) is 0 Å². The SMILES string of the molecule is O=C(/C=C/c1ccc(Cl)cc1Cl)NOC(=O)NCc1ccccc1. The molecule has 0 spiro atoms. The Morgan fingerprint density at radius 1 is 1.08 bits per heavy atom. The van der Waals surface area contributed by atoms with E-state index in [-0.39, 0.29) is 0 Å². The lowest BCUT2D eigenvalue weighted by Gasteiger charge is -2.06. The highest BCUT2D eigenvalue weighted by molar-refractivity contribution is 6.35. The van der Waals surface area contributed by atoms with Gasteiger partial charge in [0.25, 0.3) is 5.91 Å². The Morgan fingerprint density at radius 3 is 2.54 bits per heavy atom. The first kappa shape index (κ1) is 17.8. The highest BCUT2D eigenvalue weighted by atomic mass is 35.5. The fourth-order valence-corrected chi connectivity index (χ4v) is 2.21. The van der Waals surface area contributed by atoms with Crippen LogP contribution < -0.4 is 10.8 Å². The molecule has 0 fully saturated rings. The fraction of sp³-hybridized carbons (Fsp3) is 0.0588. The van der Waals surface area contributed by atoms with Crippen molar-refractivity contribution in [2.45, 2.75) is 6.54 Å². The third kappa shape index (κ3) is 5.95. The van der Waals surface area contributed by atoms with Crippen molar-refractivity contribution in [1.29, 1.82) is 0 Å². The van der Waals surface area contributed by atoms with Crippen LogP contribution in [0.4, 0.5) is 4.79 Å². The molecule has 0 radical (unpaired) electrons. The third-order valence-corrected chi connectivity index (χ3v) is 3.46. The van der Waals surface area contributed by atoms with E-state index in [1.54, 1.807) is 18.2 Å². The summed E-state index contributed by atoms with van der Waals surface area (Å²) in [5.74, 6) is -0.601. The van der Waals surface area contributed by atoms with Crippen molar-refractivity contribution in [3.05, 3.63) is 75.8 Å². The summed E-state index contributed by atoms with van der Waals surface area (Å²) in [4.78, 5) is 27.7. The van der Waals surface area contributed by atoms with Crippen molar-refractivity contribution in [2.75, 3.05) is 0 Å². The van der Waals surface area contributed by atoms with Crippen LogP contribution in [0.3, 0.4) is 0 Å². The van der Waals surface area contributed by atoms with Crippen LogP contribution in [-0.2, 0) is 16.2 Å². The van der Waals surface area contributed by atoms with Gasteiger partial charge in [-0.15, -0.1) is 0 Å². The van der Waals surface area contributed by atoms with E-state index in [2.05, 4.69) is 10.2 Å². The van der Waals surface area contributed by atoms with Crippen molar-refractivity contribution in [3.8, 4) is 0 Å². The molecule has 124 valence electrons. The van der Waals surface area contributed by atoms with Gasteiger partial charge in [-0.25, -0.2) is 4.79 Å². The standard InChI is InChI=1S/C17H14Cl2N2O3/c18-14-8-6-13(15(19)10-14)7-9-16(22)21-24-17(23)20-11-12-4-2-1-3-5-12/h1-10H,11H2,(H,20,23)(H,21,22)/b9-7+. The molecule has 2 rings (SSSR count). The normalized spacial score (nSPS) is 10.4. The van der Waals surface area contributed by atoms with Crippen LogP contribution in [0.25, 0.3) is 6.08 Å². The Hall–Kier alpha value is -2.50. The molecule has 0 saturated heterocycles. The summed E-state index contributed by atoms with van der Waals surface area (Å²) in [7, 11) is 0. The number of carbonyl (C=O) groups excluding carboxylic acids is 2. The van der Waals surface area contributed by atoms with E-state index in [9.17, 15) is 9.59 Å². The van der Waals surface area contributed by atoms with E-state index >= 15 is 0 Å². The second-order valence-electron chi connectivity index (χ2n) is 4.69. The summed E-state index contributed by atoms with van der Waals surface area (Å²) in [5, 5.41) is 3.42. The van der Waals surface area contributed by atoms with E-state index in [1.165, 1.54) is 12.2 Å². The molecule has 5 nitrogen and oxygen atoms in total. The monoisotopic (exact) mass is 364 g/mol. The number of benzene rings is 2. The van der Waals surface area contributed by atoms with E-state index in [1.807, 2.05) is 35.8 Å². The molecule has 0 saturated carbocycles. The fourth-order valence-electron chi connectivity index (χ4n) is 1.74. The second-order valence-corrected chi connectivity index (χ2v) is 5.54. The van der Waals surface area contributed by atoms with E-state index in [4.69, 9.17) is 23.2 Å². The molecule has 0 aromatic heterocycles. The van der Waals surface area contributed by atoms with Gasteiger partial charge in [-0.2, -0.15) is 5.48 Å². The lowest BCUT2D eigenvalue weighted by atomic mass is 10.2. The average molecular weight is 365 g/mol. The van der Waals surface area contributed by atoms with Crippen LogP contribution in [0, 0.1) is 0 Å². The van der Waals surface area contributed by atoms with Crippen molar-refractivity contribution in [1.82, 2.24) is 10.8 Å². The van der Waals surface area contributed by atoms with Gasteiger partial charge in [-0.05, 0) is 29.3 Å². The van der Waals surface area contributed by atoms with Gasteiger partial charge in [0.05, 0.1) is 0 Å². The highest BCUT2D eigenvalue weighted by Gasteiger charge is 2.04. The van der Waals surface area contributed by atoms with Gasteiger partial charge < -0.3 is 10.2 Å². The molecular weight excluding hydrogens is 351 g/mol. The topological polar surface area (TPSA) is 67.4 Å². The zero-order chi connectivity index (χ0) is 17.4. The summed E-state index contributed by atoms with van der Waals surface area (Å²) in [5.41, 5.74) is 3.54. The number of hydrogen-bond acceptors (Lipinski definition) is 3. The summed E-state index contributed by atoms with van der Waals surface area (Å²) < 4.78 is 0. The quantitative estimate of drug-likeness (QED) is 0.637. The first-order chi connectivity index (χ1) is 11.5. The van der Waals surface area contributed by atoms with Crippen LogP contribution in [0.5, 0.6) is 0 Å². The first-order valence-electron chi connectivity index (χ1n) is 6.96. The molecule has 0 aliphatic heterocycles. The molecular formula is C17H14Cl2N2O3. The maximum atomic E-state index is 11.6.